The van der Waals surface area contributed by atoms with Gasteiger partial charge in [0.15, 0.2) is 0 Å². The molecule has 0 radical (unpaired) electrons. The molecule has 0 saturated carbocycles. The minimum absolute atomic E-state index is 0.0131. The molecule has 13 heteroatoms. The molecule has 1 fully saturated rings. The van der Waals surface area contributed by atoms with Gasteiger partial charge in [0.25, 0.3) is 0 Å². The van der Waals surface area contributed by atoms with Crippen molar-refractivity contribution in [3.63, 3.8) is 0 Å². The third-order valence-electron chi connectivity index (χ3n) is 9.27. The maximum Gasteiger partial charge on any atom is 0.422 e. The fraction of sp³-hybridized carbons (Fsp3) is 0.238. The van der Waals surface area contributed by atoms with E-state index in [-0.39, 0.29) is 31.6 Å². The molecule has 0 unspecified atom stereocenters. The Labute approximate surface area is 326 Å². The number of thioether (sulfide) groups is 1. The Hall–Kier alpha value is -5.50. The summed E-state index contributed by atoms with van der Waals surface area (Å²) in [5, 5.41) is -0.161. The van der Waals surface area contributed by atoms with Crippen LogP contribution in [0.4, 0.5) is 9.59 Å². The molecule has 5 aromatic rings. The molecular weight excluding hydrogens is 739 g/mol. The highest BCUT2D eigenvalue weighted by Crippen LogP contribution is 2.52. The summed E-state index contributed by atoms with van der Waals surface area (Å²) in [7, 11) is -1.25. The first-order valence-electron chi connectivity index (χ1n) is 17.7. The SMILES string of the molecule is COc1ccc(COC(=O)NS(=O)(=O)NC[C@@H]2C[C@H](SC(c3ccccc3)(c3ccccc3)c3ccccc3)CN2C(=O)OCc2ccc(OC)cc2)cc1. The molecule has 6 rings (SSSR count). The summed E-state index contributed by atoms with van der Waals surface area (Å²) >= 11 is 1.72. The number of carbonyl (C=O) groups excluding carboxylic acids is 2. The standard InChI is InChI=1S/C42H43N3O8S2/c1-50-37-22-18-31(19-23-37)29-52-40(46)44-55(48,49)43-27-36-26-39(28-45(36)41(47)53-30-32-20-24-38(51-2)25-21-32)54-42(33-12-6-3-7-13-33,34-14-8-4-9-15-34)35-16-10-5-11-17-35/h3-25,36,39,43H,26-30H2,1-2H3,(H,44,46)/t36-,39-/m0/s1. The zero-order valence-electron chi connectivity index (χ0n) is 30.5. The molecule has 0 bridgehead atoms. The molecule has 1 aliphatic rings. The van der Waals surface area contributed by atoms with E-state index >= 15 is 0 Å². The fourth-order valence-electron chi connectivity index (χ4n) is 6.55. The number of amides is 2. The van der Waals surface area contributed by atoms with Gasteiger partial charge in [-0.05, 0) is 58.5 Å². The Balaban J connectivity index is 1.22. The van der Waals surface area contributed by atoms with Crippen LogP contribution in [-0.2, 0) is 37.6 Å². The number of benzene rings is 5. The Morgan fingerprint density at radius 1 is 0.691 bits per heavy atom. The van der Waals surface area contributed by atoms with Crippen molar-refractivity contribution >= 4 is 34.2 Å². The Morgan fingerprint density at radius 3 is 1.60 bits per heavy atom. The number of likely N-dealkylation sites (tertiary alicyclic amines) is 1. The van der Waals surface area contributed by atoms with Gasteiger partial charge in [-0.2, -0.15) is 13.1 Å². The van der Waals surface area contributed by atoms with Gasteiger partial charge in [-0.15, -0.1) is 11.8 Å². The van der Waals surface area contributed by atoms with Crippen LogP contribution >= 0.6 is 11.8 Å². The summed E-state index contributed by atoms with van der Waals surface area (Å²) in [6.07, 6.45) is -1.29. The first-order valence-corrected chi connectivity index (χ1v) is 20.0. The molecular formula is C42H43N3O8S2. The van der Waals surface area contributed by atoms with E-state index in [4.69, 9.17) is 18.9 Å². The van der Waals surface area contributed by atoms with Gasteiger partial charge in [-0.3, -0.25) is 0 Å². The molecule has 1 saturated heterocycles. The van der Waals surface area contributed by atoms with E-state index in [0.717, 1.165) is 22.3 Å². The summed E-state index contributed by atoms with van der Waals surface area (Å²) in [4.78, 5) is 27.9. The Kier molecular flexibility index (Phi) is 13.0. The molecule has 5 aromatic carbocycles. The number of rotatable bonds is 15. The van der Waals surface area contributed by atoms with Gasteiger partial charge >= 0.3 is 22.4 Å². The molecule has 0 aliphatic carbocycles. The number of ether oxygens (including phenoxy) is 4. The predicted molar refractivity (Wildman–Crippen MR) is 212 cm³/mol. The second kappa shape index (κ2) is 18.2. The van der Waals surface area contributed by atoms with E-state index < -0.39 is 33.2 Å². The first kappa shape index (κ1) is 39.2. The average molecular weight is 782 g/mol. The largest absolute Gasteiger partial charge is 0.497 e. The molecule has 0 spiro atoms. The van der Waals surface area contributed by atoms with Crippen LogP contribution in [0.5, 0.6) is 11.5 Å². The first-order chi connectivity index (χ1) is 26.7. The van der Waals surface area contributed by atoms with Gasteiger partial charge in [0.1, 0.15) is 24.7 Å². The van der Waals surface area contributed by atoms with Crippen molar-refractivity contribution < 1.29 is 37.0 Å². The van der Waals surface area contributed by atoms with Crippen molar-refractivity contribution in [2.75, 3.05) is 27.3 Å². The van der Waals surface area contributed by atoms with Crippen LogP contribution in [0.2, 0.25) is 0 Å². The zero-order chi connectivity index (χ0) is 38.7. The van der Waals surface area contributed by atoms with E-state index in [9.17, 15) is 18.0 Å². The van der Waals surface area contributed by atoms with Crippen LogP contribution in [0.25, 0.3) is 0 Å². The van der Waals surface area contributed by atoms with Crippen LogP contribution in [0.15, 0.2) is 140 Å². The lowest BCUT2D eigenvalue weighted by molar-refractivity contribution is 0.0926. The molecule has 0 aromatic heterocycles. The quantitative estimate of drug-likeness (QED) is 0.105. The number of methoxy groups -OCH3 is 2. The Bertz CT molecular complexity index is 2010. The number of nitrogens with zero attached hydrogens (tertiary/aromatic N) is 1. The summed E-state index contributed by atoms with van der Waals surface area (Å²) in [5.74, 6) is 1.32. The lowest BCUT2D eigenvalue weighted by Gasteiger charge is -2.37. The molecule has 1 heterocycles. The smallest absolute Gasteiger partial charge is 0.422 e. The van der Waals surface area contributed by atoms with Gasteiger partial charge in [0, 0.05) is 24.4 Å². The van der Waals surface area contributed by atoms with Crippen molar-refractivity contribution in [3.05, 3.63) is 167 Å². The fourth-order valence-corrected chi connectivity index (χ4v) is 9.18. The lowest BCUT2D eigenvalue weighted by Crippen LogP contribution is -2.47. The second-order valence-electron chi connectivity index (χ2n) is 12.8. The molecule has 11 nitrogen and oxygen atoms in total. The third-order valence-corrected chi connectivity index (χ3v) is 12.0. The summed E-state index contributed by atoms with van der Waals surface area (Å²) in [5.41, 5.74) is 4.61. The van der Waals surface area contributed by atoms with E-state index in [2.05, 4.69) is 41.1 Å². The maximum atomic E-state index is 13.8. The molecule has 2 N–H and O–H groups in total. The van der Waals surface area contributed by atoms with E-state index in [1.165, 1.54) is 0 Å². The predicted octanol–water partition coefficient (Wildman–Crippen LogP) is 7.27. The van der Waals surface area contributed by atoms with Gasteiger partial charge in [-0.25, -0.2) is 14.3 Å². The molecule has 55 heavy (non-hydrogen) atoms. The normalized spacial score (nSPS) is 15.6. The highest BCUT2D eigenvalue weighted by Gasteiger charge is 2.45. The van der Waals surface area contributed by atoms with Crippen LogP contribution < -0.4 is 18.9 Å². The Morgan fingerprint density at radius 2 is 1.15 bits per heavy atom. The number of carbonyl (C=O) groups is 2. The summed E-state index contributed by atoms with van der Waals surface area (Å²) < 4.78 is 51.3. The van der Waals surface area contributed by atoms with E-state index in [1.54, 1.807) is 67.3 Å². The van der Waals surface area contributed by atoms with Crippen LogP contribution in [0.3, 0.4) is 0 Å². The minimum atomic E-state index is -4.37. The lowest BCUT2D eigenvalue weighted by atomic mass is 9.84. The van der Waals surface area contributed by atoms with Crippen LogP contribution in [0.1, 0.15) is 34.2 Å². The van der Waals surface area contributed by atoms with Crippen LogP contribution in [0, 0.1) is 0 Å². The van der Waals surface area contributed by atoms with Gasteiger partial charge < -0.3 is 23.8 Å². The van der Waals surface area contributed by atoms with Crippen molar-refractivity contribution in [1.29, 1.82) is 0 Å². The highest BCUT2D eigenvalue weighted by molar-refractivity contribution is 8.01. The van der Waals surface area contributed by atoms with E-state index in [0.29, 0.717) is 23.5 Å². The van der Waals surface area contributed by atoms with Crippen molar-refractivity contribution in [1.82, 2.24) is 14.3 Å². The van der Waals surface area contributed by atoms with Crippen molar-refractivity contribution in [2.45, 2.75) is 35.7 Å². The molecule has 286 valence electrons. The van der Waals surface area contributed by atoms with Gasteiger partial charge in [0.2, 0.25) is 0 Å². The summed E-state index contributed by atoms with van der Waals surface area (Å²) in [6.45, 7) is -0.0271. The molecule has 1 aliphatic heterocycles. The highest BCUT2D eigenvalue weighted by atomic mass is 32.2. The van der Waals surface area contributed by atoms with Crippen molar-refractivity contribution in [3.8, 4) is 11.5 Å². The number of hydrogen-bond donors (Lipinski definition) is 2. The minimum Gasteiger partial charge on any atom is -0.497 e. The van der Waals surface area contributed by atoms with Gasteiger partial charge in [0.05, 0.1) is 19.0 Å². The molecule has 2 amide bonds. The second-order valence-corrected chi connectivity index (χ2v) is 15.9. The van der Waals surface area contributed by atoms with Crippen LogP contribution in [-0.4, -0.2) is 64.1 Å². The monoisotopic (exact) mass is 781 g/mol. The average Bonchev–Trinajstić information content (AvgIpc) is 3.64. The van der Waals surface area contributed by atoms with Crippen molar-refractivity contribution in [2.24, 2.45) is 0 Å². The van der Waals surface area contributed by atoms with Gasteiger partial charge in [-0.1, -0.05) is 115 Å². The number of nitrogens with one attached hydrogen (secondary N) is 2. The zero-order valence-corrected chi connectivity index (χ0v) is 32.1. The summed E-state index contributed by atoms with van der Waals surface area (Å²) in [6, 6.07) is 44.1. The maximum absolute atomic E-state index is 13.8. The van der Waals surface area contributed by atoms with E-state index in [1.807, 2.05) is 71.5 Å². The molecule has 2 atom stereocenters. The third kappa shape index (κ3) is 9.98. The topological polar surface area (TPSA) is 132 Å². The number of hydrogen-bond acceptors (Lipinski definition) is 9.